The lowest BCUT2D eigenvalue weighted by Gasteiger charge is -2.31. The molecule has 0 rings (SSSR count). The molecule has 0 aromatic heterocycles. The Kier molecular flexibility index (Phi) is 34.1. The molecule has 0 aliphatic carbocycles. The minimum absolute atomic E-state index is 0.138. The lowest BCUT2D eigenvalue weighted by atomic mass is 9.95. The van der Waals surface area contributed by atoms with E-state index in [9.17, 15) is 38.4 Å². The molecule has 0 aliphatic rings. The number of unbranched alkanes of at least 4 members (excludes halogenated alkanes) is 4. The first-order chi connectivity index (χ1) is 32.7. The number of carbonyl (C=O) groups excluding carboxylic acids is 8. The maximum atomic E-state index is 14.3. The van der Waals surface area contributed by atoms with Crippen LogP contribution in [0.5, 0.6) is 0 Å². The summed E-state index contributed by atoms with van der Waals surface area (Å²) in [6.07, 6.45) is 7.24. The summed E-state index contributed by atoms with van der Waals surface area (Å²) < 4.78 is 0. The fourth-order valence-electron chi connectivity index (χ4n) is 7.50. The van der Waals surface area contributed by atoms with Crippen LogP contribution in [0, 0.1) is 23.7 Å². The molecule has 0 aliphatic heterocycles. The molecular formula is C48H95N13O8. The Morgan fingerprint density at radius 3 is 0.841 bits per heavy atom. The van der Waals surface area contributed by atoms with E-state index in [0.717, 1.165) is 0 Å². The van der Waals surface area contributed by atoms with Gasteiger partial charge in [0, 0.05) is 0 Å². The fourth-order valence-corrected chi connectivity index (χ4v) is 7.50. The van der Waals surface area contributed by atoms with E-state index in [1.807, 2.05) is 34.6 Å². The molecule has 0 saturated heterocycles. The molecule has 0 bridgehead atoms. The van der Waals surface area contributed by atoms with Crippen LogP contribution in [0.4, 0.5) is 0 Å². The van der Waals surface area contributed by atoms with Crippen molar-refractivity contribution in [3.05, 3.63) is 0 Å². The quantitative estimate of drug-likeness (QED) is 0.0358. The van der Waals surface area contributed by atoms with Crippen molar-refractivity contribution >= 4 is 47.3 Å². The van der Waals surface area contributed by atoms with Gasteiger partial charge in [0.15, 0.2) is 0 Å². The average molecular weight is 982 g/mol. The van der Waals surface area contributed by atoms with Crippen molar-refractivity contribution in [3.63, 3.8) is 0 Å². The molecule has 8 amide bonds. The lowest BCUT2D eigenvalue weighted by Crippen LogP contribution is -2.62. The van der Waals surface area contributed by atoms with E-state index >= 15 is 0 Å². The van der Waals surface area contributed by atoms with Crippen molar-refractivity contribution < 1.29 is 38.4 Å². The Bertz CT molecular complexity index is 1560. The van der Waals surface area contributed by atoms with Crippen molar-refractivity contribution in [1.82, 2.24) is 37.2 Å². The van der Waals surface area contributed by atoms with E-state index in [1.54, 1.807) is 20.8 Å². The van der Waals surface area contributed by atoms with Crippen LogP contribution in [0.15, 0.2) is 0 Å². The van der Waals surface area contributed by atoms with Gasteiger partial charge in [0.1, 0.15) is 42.3 Å². The van der Waals surface area contributed by atoms with E-state index in [0.29, 0.717) is 103 Å². The standard InChI is InChI=1S/C48H95N13O8/c1-9-29(5)37(53)45(66)56-34(22-14-18-26-50)42(63)60-39(31(7)11-3)47(68)58-36(24-16-20-28-52)44(65)61-40(32(8)12-4)48(69)57-35(23-15-19-27-51)43(64)59-38(30(6)10-2)46(67)55-33(41(54)62)21-13-17-25-49/h29-40H,9-28,49-53H2,1-8H3,(H2,54,62)(H,55,67)(H,56,66)(H,57,69)(H,58,68)(H,59,64)(H,60,63)(H,61,65)/t29-,30-,31-,32-,33-,34-,35-,36-,37-,38-,39-,40-/m0/s1. The number of primary amides is 1. The van der Waals surface area contributed by atoms with Gasteiger partial charge in [0.2, 0.25) is 47.3 Å². The average Bonchev–Trinajstić information content (AvgIpc) is 3.33. The van der Waals surface area contributed by atoms with Gasteiger partial charge in [-0.05, 0) is 127 Å². The zero-order chi connectivity index (χ0) is 52.6. The second-order valence-electron chi connectivity index (χ2n) is 18.8. The second kappa shape index (κ2) is 36.5. The number of hydrogen-bond acceptors (Lipinski definition) is 13. The molecule has 21 heteroatoms. The molecule has 0 saturated carbocycles. The van der Waals surface area contributed by atoms with Crippen molar-refractivity contribution in [2.45, 2.75) is 206 Å². The van der Waals surface area contributed by atoms with Crippen LogP contribution >= 0.6 is 0 Å². The lowest BCUT2D eigenvalue weighted by molar-refractivity contribution is -0.137. The van der Waals surface area contributed by atoms with Gasteiger partial charge in [-0.2, -0.15) is 0 Å². The molecule has 0 aromatic carbocycles. The number of nitrogens with two attached hydrogens (primary N) is 6. The predicted molar refractivity (Wildman–Crippen MR) is 270 cm³/mol. The Labute approximate surface area is 412 Å². The summed E-state index contributed by atoms with van der Waals surface area (Å²) in [6.45, 7) is 16.1. The summed E-state index contributed by atoms with van der Waals surface area (Å²) in [7, 11) is 0. The monoisotopic (exact) mass is 982 g/mol. The van der Waals surface area contributed by atoms with Gasteiger partial charge < -0.3 is 71.6 Å². The molecular weight excluding hydrogens is 887 g/mol. The third kappa shape index (κ3) is 24.3. The minimum Gasteiger partial charge on any atom is -0.368 e. The van der Waals surface area contributed by atoms with Crippen molar-refractivity contribution in [3.8, 4) is 0 Å². The number of carbonyl (C=O) groups is 8. The summed E-state index contributed by atoms with van der Waals surface area (Å²) in [4.78, 5) is 110. The van der Waals surface area contributed by atoms with Crippen molar-refractivity contribution in [2.24, 2.45) is 58.1 Å². The first-order valence-corrected chi connectivity index (χ1v) is 25.7. The molecule has 0 unspecified atom stereocenters. The van der Waals surface area contributed by atoms with Crippen LogP contribution in [0.1, 0.15) is 158 Å². The number of hydrogen-bond donors (Lipinski definition) is 13. The summed E-state index contributed by atoms with van der Waals surface area (Å²) in [5.74, 6) is -6.32. The van der Waals surface area contributed by atoms with E-state index < -0.39 is 107 Å². The van der Waals surface area contributed by atoms with Crippen LogP contribution in [0.3, 0.4) is 0 Å². The topological polar surface area (TPSA) is 377 Å². The second-order valence-corrected chi connectivity index (χ2v) is 18.8. The van der Waals surface area contributed by atoms with Crippen LogP contribution in [0.2, 0.25) is 0 Å². The molecule has 12 atom stereocenters. The maximum Gasteiger partial charge on any atom is 0.243 e. The Morgan fingerprint density at radius 1 is 0.348 bits per heavy atom. The molecule has 0 fully saturated rings. The van der Waals surface area contributed by atoms with Gasteiger partial charge in [-0.3, -0.25) is 38.4 Å². The van der Waals surface area contributed by atoms with Gasteiger partial charge in [0.05, 0.1) is 6.04 Å². The smallest absolute Gasteiger partial charge is 0.243 e. The van der Waals surface area contributed by atoms with Crippen LogP contribution < -0.4 is 71.6 Å². The highest BCUT2D eigenvalue weighted by Crippen LogP contribution is 2.16. The number of amides is 8. The fraction of sp³-hybridized carbons (Fsp3) is 0.833. The van der Waals surface area contributed by atoms with Crippen molar-refractivity contribution in [2.75, 3.05) is 26.2 Å². The van der Waals surface area contributed by atoms with E-state index in [-0.39, 0.29) is 37.5 Å². The molecule has 69 heavy (non-hydrogen) atoms. The van der Waals surface area contributed by atoms with Gasteiger partial charge in [0.25, 0.3) is 0 Å². The molecule has 0 aromatic rings. The number of nitrogens with one attached hydrogen (secondary N) is 7. The summed E-state index contributed by atoms with van der Waals surface area (Å²) >= 11 is 0. The van der Waals surface area contributed by atoms with Crippen LogP contribution in [-0.2, 0) is 38.4 Å². The Balaban J connectivity index is 6.70. The molecule has 400 valence electrons. The summed E-state index contributed by atoms with van der Waals surface area (Å²) in [5, 5.41) is 19.6. The SMILES string of the molecule is CC[C@H](C)[C@H](N)C(=O)N[C@@H](CCCCN)C(=O)N[C@H](C(=O)N[C@@H](CCCCN)C(=O)N[C@H](C(=O)N[C@@H](CCCCN)C(=O)N[C@H](C(=O)N[C@@H](CCCCN)C(N)=O)[C@@H](C)CC)[C@@H](C)CC)[C@@H](C)CC. The van der Waals surface area contributed by atoms with Gasteiger partial charge >= 0.3 is 0 Å². The highest BCUT2D eigenvalue weighted by molar-refractivity contribution is 5.98. The highest BCUT2D eigenvalue weighted by atomic mass is 16.2. The molecule has 21 nitrogen and oxygen atoms in total. The van der Waals surface area contributed by atoms with Gasteiger partial charge in [-0.15, -0.1) is 0 Å². The molecule has 0 heterocycles. The number of rotatable bonds is 39. The highest BCUT2D eigenvalue weighted by Gasteiger charge is 2.37. The van der Waals surface area contributed by atoms with Crippen LogP contribution in [0.25, 0.3) is 0 Å². The molecule has 19 N–H and O–H groups in total. The predicted octanol–water partition coefficient (Wildman–Crippen LogP) is -0.107. The van der Waals surface area contributed by atoms with E-state index in [4.69, 9.17) is 34.4 Å². The van der Waals surface area contributed by atoms with Gasteiger partial charge in [-0.1, -0.05) is 81.1 Å². The third-order valence-electron chi connectivity index (χ3n) is 13.3. The zero-order valence-electron chi connectivity index (χ0n) is 43.3. The van der Waals surface area contributed by atoms with Gasteiger partial charge in [-0.25, -0.2) is 0 Å². The largest absolute Gasteiger partial charge is 0.368 e. The summed E-state index contributed by atoms with van der Waals surface area (Å²) in [6, 6.07) is -8.46. The maximum absolute atomic E-state index is 14.3. The molecule has 0 spiro atoms. The summed E-state index contributed by atoms with van der Waals surface area (Å²) in [5.41, 5.74) is 34.7. The normalized spacial score (nSPS) is 16.6. The first kappa shape index (κ1) is 64.6. The van der Waals surface area contributed by atoms with E-state index in [1.165, 1.54) is 0 Å². The third-order valence-corrected chi connectivity index (χ3v) is 13.3. The zero-order valence-corrected chi connectivity index (χ0v) is 43.3. The minimum atomic E-state index is -1.16. The van der Waals surface area contributed by atoms with Crippen molar-refractivity contribution in [1.29, 1.82) is 0 Å². The Hall–Kier alpha value is -4.44. The van der Waals surface area contributed by atoms with E-state index in [2.05, 4.69) is 37.2 Å². The first-order valence-electron chi connectivity index (χ1n) is 25.7. The Morgan fingerprint density at radius 2 is 0.594 bits per heavy atom. The molecule has 0 radical (unpaired) electrons. The van der Waals surface area contributed by atoms with Crippen LogP contribution in [-0.4, -0.2) is 122 Å².